The van der Waals surface area contributed by atoms with Gasteiger partial charge < -0.3 is 20.5 Å². The summed E-state index contributed by atoms with van der Waals surface area (Å²) >= 11 is 0. The minimum Gasteiger partial charge on any atom is -0.508 e. The smallest absolute Gasteiger partial charge is 0.125 e. The van der Waals surface area contributed by atoms with Crippen LogP contribution < -0.4 is 16.2 Å². The van der Waals surface area contributed by atoms with Gasteiger partial charge in [0.1, 0.15) is 17.7 Å². The molecule has 1 aromatic carbocycles. The number of phenols is 1. The number of aromatic hydroxyl groups is 1. The van der Waals surface area contributed by atoms with Gasteiger partial charge in [0.2, 0.25) is 0 Å². The summed E-state index contributed by atoms with van der Waals surface area (Å²) in [5.41, 5.74) is 10.7. The van der Waals surface area contributed by atoms with Gasteiger partial charge in [-0.2, -0.15) is 0 Å². The normalized spacial score (nSPS) is 32.5. The predicted molar refractivity (Wildman–Crippen MR) is 121 cm³/mol. The number of hydrogen-bond acceptors (Lipinski definition) is 6. The van der Waals surface area contributed by atoms with Crippen LogP contribution in [0.4, 0.5) is 4.39 Å². The molecule has 5 rings (SSSR count). The highest BCUT2D eigenvalue weighted by Crippen LogP contribution is 2.45. The quantitative estimate of drug-likeness (QED) is 0.426. The molecule has 1 saturated heterocycles. The van der Waals surface area contributed by atoms with E-state index in [1.54, 1.807) is 12.1 Å². The van der Waals surface area contributed by atoms with Crippen molar-refractivity contribution in [2.24, 2.45) is 5.92 Å². The number of nitrogens with one attached hydrogen (secondary N) is 4. The Hall–Kier alpha value is -2.26. The van der Waals surface area contributed by atoms with Crippen molar-refractivity contribution < 1.29 is 14.6 Å². The number of aromatic nitrogens is 2. The van der Waals surface area contributed by atoms with Gasteiger partial charge in [-0.25, -0.2) is 14.8 Å². The number of hydrogen-bond donors (Lipinski definition) is 6. The molecule has 1 saturated carbocycles. The summed E-state index contributed by atoms with van der Waals surface area (Å²) in [6, 6.07) is 4.92. The average Bonchev–Trinajstić information content (AvgIpc) is 3.47. The van der Waals surface area contributed by atoms with Crippen molar-refractivity contribution >= 4 is 5.57 Å². The van der Waals surface area contributed by atoms with Crippen LogP contribution in [0.3, 0.4) is 0 Å². The molecule has 2 aliphatic heterocycles. The Labute approximate surface area is 187 Å². The molecule has 6 atom stereocenters. The van der Waals surface area contributed by atoms with E-state index >= 15 is 4.39 Å². The van der Waals surface area contributed by atoms with Crippen molar-refractivity contribution in [3.8, 4) is 5.75 Å². The molecular formula is C24H32FN5O2. The molecule has 7 nitrogen and oxygen atoms in total. The van der Waals surface area contributed by atoms with Crippen molar-refractivity contribution in [2.75, 3.05) is 13.2 Å². The fourth-order valence-corrected chi connectivity index (χ4v) is 5.69. The molecule has 2 aromatic rings. The Kier molecular flexibility index (Phi) is 6.03. The van der Waals surface area contributed by atoms with E-state index in [4.69, 9.17) is 0 Å². The van der Waals surface area contributed by atoms with Crippen LogP contribution in [-0.4, -0.2) is 51.6 Å². The van der Waals surface area contributed by atoms with E-state index in [0.29, 0.717) is 0 Å². The average molecular weight is 442 g/mol. The van der Waals surface area contributed by atoms with Crippen LogP contribution in [0, 0.1) is 5.92 Å². The Bertz CT molecular complexity index is 993. The first-order valence-corrected chi connectivity index (χ1v) is 11.7. The second kappa shape index (κ2) is 8.94. The Morgan fingerprint density at radius 3 is 2.91 bits per heavy atom. The SMILES string of the molecule is CCc1cc(O)ccc1C1CCC2C(c3ncc(C4=C[C@H](CO)NCC4)[nH]3)NNC2C1F. The third-order valence-corrected chi connectivity index (χ3v) is 7.38. The van der Waals surface area contributed by atoms with Crippen LogP contribution in [0.1, 0.15) is 60.8 Å². The molecule has 1 aromatic heterocycles. The van der Waals surface area contributed by atoms with E-state index in [9.17, 15) is 10.2 Å². The van der Waals surface area contributed by atoms with Crippen LogP contribution >= 0.6 is 0 Å². The third kappa shape index (κ3) is 3.85. The van der Waals surface area contributed by atoms with Crippen LogP contribution in [0.15, 0.2) is 30.5 Å². The number of imidazole rings is 1. The number of alkyl halides is 1. The minimum absolute atomic E-state index is 0.0309. The predicted octanol–water partition coefficient (Wildman–Crippen LogP) is 2.46. The molecule has 8 heteroatoms. The van der Waals surface area contributed by atoms with E-state index in [0.717, 1.165) is 60.4 Å². The van der Waals surface area contributed by atoms with Crippen LogP contribution in [0.25, 0.3) is 5.57 Å². The second-order valence-corrected chi connectivity index (χ2v) is 9.19. The van der Waals surface area contributed by atoms with Gasteiger partial charge in [-0.15, -0.1) is 0 Å². The molecule has 0 bridgehead atoms. The molecule has 3 aliphatic rings. The van der Waals surface area contributed by atoms with E-state index < -0.39 is 6.17 Å². The fourth-order valence-electron chi connectivity index (χ4n) is 5.69. The van der Waals surface area contributed by atoms with Gasteiger partial charge in [-0.1, -0.05) is 19.1 Å². The largest absolute Gasteiger partial charge is 0.508 e. The summed E-state index contributed by atoms with van der Waals surface area (Å²) in [6.45, 7) is 2.93. The van der Waals surface area contributed by atoms with E-state index in [-0.39, 0.29) is 42.3 Å². The lowest BCUT2D eigenvalue weighted by atomic mass is 9.71. The lowest BCUT2D eigenvalue weighted by Gasteiger charge is -2.36. The Balaban J connectivity index is 1.33. The van der Waals surface area contributed by atoms with Gasteiger partial charge in [-0.05, 0) is 61.1 Å². The highest BCUT2D eigenvalue weighted by Gasteiger charge is 2.48. The molecule has 0 amide bonds. The number of aryl methyl sites for hydroxylation is 1. The van der Waals surface area contributed by atoms with Crippen molar-refractivity contribution in [3.05, 3.63) is 53.1 Å². The van der Waals surface area contributed by atoms with Gasteiger partial charge in [0.25, 0.3) is 0 Å². The molecule has 6 N–H and O–H groups in total. The minimum atomic E-state index is -1.02. The van der Waals surface area contributed by atoms with Gasteiger partial charge in [0, 0.05) is 17.9 Å². The summed E-state index contributed by atoms with van der Waals surface area (Å²) in [5.74, 6) is 0.986. The van der Waals surface area contributed by atoms with Crippen molar-refractivity contribution in [3.63, 3.8) is 0 Å². The summed E-state index contributed by atoms with van der Waals surface area (Å²) in [4.78, 5) is 8.07. The number of aliphatic hydroxyl groups is 1. The standard InChI is InChI=1S/C24H32FN5O2/c1-2-13-10-16(32)3-4-17(13)18-5-6-19-22(21(18)25)29-30-23(19)24-27-11-20(28-24)14-7-8-26-15(9-14)12-31/h3-4,9-11,15,18-19,21-23,26,29-32H,2,5-8,12H2,1H3,(H,27,28)/t15-,18?,19?,21?,22?,23?/m1/s1. The van der Waals surface area contributed by atoms with E-state index in [2.05, 4.69) is 32.2 Å². The lowest BCUT2D eigenvalue weighted by Crippen LogP contribution is -2.45. The number of H-pyrrole nitrogens is 1. The molecule has 5 unspecified atom stereocenters. The van der Waals surface area contributed by atoms with Gasteiger partial charge in [0.15, 0.2) is 0 Å². The van der Waals surface area contributed by atoms with Crippen LogP contribution in [0.5, 0.6) is 5.75 Å². The molecule has 1 aliphatic carbocycles. The van der Waals surface area contributed by atoms with Crippen molar-refractivity contribution in [2.45, 2.75) is 62.8 Å². The summed E-state index contributed by atoms with van der Waals surface area (Å²) in [7, 11) is 0. The maximum Gasteiger partial charge on any atom is 0.125 e. The van der Waals surface area contributed by atoms with Gasteiger partial charge in [0.05, 0.1) is 30.6 Å². The zero-order chi connectivity index (χ0) is 22.2. The van der Waals surface area contributed by atoms with Gasteiger partial charge in [-0.3, -0.25) is 5.43 Å². The van der Waals surface area contributed by atoms with E-state index in [1.165, 1.54) is 0 Å². The highest BCUT2D eigenvalue weighted by atomic mass is 19.1. The zero-order valence-corrected chi connectivity index (χ0v) is 18.3. The first kappa shape index (κ1) is 21.6. The van der Waals surface area contributed by atoms with Crippen LogP contribution in [0.2, 0.25) is 0 Å². The number of fused-ring (bicyclic) bond motifs is 1. The molecule has 0 radical (unpaired) electrons. The van der Waals surface area contributed by atoms with Crippen molar-refractivity contribution in [1.82, 2.24) is 26.1 Å². The fraction of sp³-hybridized carbons (Fsp3) is 0.542. The number of hydrazine groups is 1. The first-order valence-electron chi connectivity index (χ1n) is 11.7. The third-order valence-electron chi connectivity index (χ3n) is 7.38. The summed E-state index contributed by atoms with van der Waals surface area (Å²) in [6.07, 6.45) is 6.18. The number of phenolic OH excluding ortho intramolecular Hbond substituents is 1. The zero-order valence-electron chi connectivity index (χ0n) is 18.3. The number of benzene rings is 1. The number of rotatable bonds is 5. The Morgan fingerprint density at radius 1 is 1.22 bits per heavy atom. The number of aromatic amines is 1. The molecular weight excluding hydrogens is 409 g/mol. The summed E-state index contributed by atoms with van der Waals surface area (Å²) < 4.78 is 15.7. The number of nitrogens with zero attached hydrogens (tertiary/aromatic N) is 1. The molecule has 172 valence electrons. The maximum atomic E-state index is 15.7. The van der Waals surface area contributed by atoms with Gasteiger partial charge >= 0.3 is 0 Å². The highest BCUT2D eigenvalue weighted by molar-refractivity contribution is 5.64. The topological polar surface area (TPSA) is 105 Å². The van der Waals surface area contributed by atoms with Crippen LogP contribution in [-0.2, 0) is 6.42 Å². The molecule has 32 heavy (non-hydrogen) atoms. The second-order valence-electron chi connectivity index (χ2n) is 9.19. The monoisotopic (exact) mass is 441 g/mol. The number of aliphatic hydroxyl groups excluding tert-OH is 1. The molecule has 0 spiro atoms. The number of halogens is 1. The molecule has 2 fully saturated rings. The molecule has 3 heterocycles. The maximum absolute atomic E-state index is 15.7. The first-order chi connectivity index (χ1) is 15.6. The van der Waals surface area contributed by atoms with Crippen molar-refractivity contribution in [1.29, 1.82) is 0 Å². The summed E-state index contributed by atoms with van der Waals surface area (Å²) in [5, 5.41) is 22.5. The Morgan fingerprint density at radius 2 is 2.09 bits per heavy atom. The lowest BCUT2D eigenvalue weighted by molar-refractivity contribution is 0.135. The van der Waals surface area contributed by atoms with E-state index in [1.807, 2.05) is 19.2 Å².